The number of fused-ring (bicyclic) bond motifs is 2. The highest BCUT2D eigenvalue weighted by atomic mass is 16.7. The van der Waals surface area contributed by atoms with E-state index in [-0.39, 0.29) is 12.8 Å². The van der Waals surface area contributed by atoms with E-state index >= 15 is 0 Å². The van der Waals surface area contributed by atoms with Crippen molar-refractivity contribution in [3.05, 3.63) is 24.0 Å². The third-order valence-corrected chi connectivity index (χ3v) is 7.34. The van der Waals surface area contributed by atoms with E-state index in [0.29, 0.717) is 31.1 Å². The minimum atomic E-state index is -0.795. The van der Waals surface area contributed by atoms with Crippen LogP contribution in [-0.2, 0) is 20.6 Å². The van der Waals surface area contributed by atoms with Crippen LogP contribution < -0.4 is 4.74 Å². The molecule has 3 fully saturated rings. The third kappa shape index (κ3) is 4.62. The lowest BCUT2D eigenvalue weighted by atomic mass is 9.74. The van der Waals surface area contributed by atoms with Gasteiger partial charge in [0.1, 0.15) is 37.2 Å². The molecule has 4 unspecified atom stereocenters. The van der Waals surface area contributed by atoms with Gasteiger partial charge < -0.3 is 24.1 Å². The average Bonchev–Trinajstić information content (AvgIpc) is 3.37. The minimum Gasteiger partial charge on any atom is -0.490 e. The first-order valence-corrected chi connectivity index (χ1v) is 11.6. The summed E-state index contributed by atoms with van der Waals surface area (Å²) in [5.41, 5.74) is 0.0678. The zero-order valence-corrected chi connectivity index (χ0v) is 19.3. The number of rotatable bonds is 11. The van der Waals surface area contributed by atoms with Crippen LogP contribution in [0.5, 0.6) is 5.75 Å². The van der Waals surface area contributed by atoms with Crippen LogP contribution >= 0.6 is 0 Å². The van der Waals surface area contributed by atoms with Crippen molar-refractivity contribution in [1.29, 1.82) is 0 Å². The molecule has 31 heavy (non-hydrogen) atoms. The highest BCUT2D eigenvalue weighted by molar-refractivity contribution is 5.26. The third-order valence-electron chi connectivity index (χ3n) is 7.34. The Labute approximate surface area is 186 Å². The summed E-state index contributed by atoms with van der Waals surface area (Å²) in [5, 5.41) is 11.1. The number of ether oxygens (including phenoxy) is 4. The lowest BCUT2D eigenvalue weighted by Gasteiger charge is -2.60. The lowest BCUT2D eigenvalue weighted by Crippen LogP contribution is -2.78. The molecule has 7 nitrogen and oxygen atoms in total. The van der Waals surface area contributed by atoms with Crippen molar-refractivity contribution in [3.63, 3.8) is 0 Å². The van der Waals surface area contributed by atoms with Gasteiger partial charge >= 0.3 is 0 Å². The molecule has 1 aromatic heterocycles. The van der Waals surface area contributed by atoms with Gasteiger partial charge in [-0.05, 0) is 55.9 Å². The molecule has 0 amide bonds. The first-order valence-electron chi connectivity index (χ1n) is 11.6. The number of aromatic nitrogens is 1. The van der Waals surface area contributed by atoms with E-state index in [1.54, 1.807) is 20.4 Å². The number of hydrogen-bond acceptors (Lipinski definition) is 7. The molecule has 3 aliphatic rings. The first-order chi connectivity index (χ1) is 15.0. The van der Waals surface area contributed by atoms with Crippen molar-refractivity contribution in [2.24, 2.45) is 17.8 Å². The van der Waals surface area contributed by atoms with Gasteiger partial charge in [0.05, 0.1) is 0 Å². The van der Waals surface area contributed by atoms with Crippen LogP contribution in [0.25, 0.3) is 0 Å². The van der Waals surface area contributed by atoms with Crippen LogP contribution in [0.15, 0.2) is 18.3 Å². The molecule has 2 bridgehead atoms. The molecule has 1 saturated heterocycles. The van der Waals surface area contributed by atoms with Crippen LogP contribution in [0, 0.1) is 17.8 Å². The molecular weight excluding hydrogens is 396 g/mol. The Morgan fingerprint density at radius 2 is 2.06 bits per heavy atom. The van der Waals surface area contributed by atoms with Crippen molar-refractivity contribution in [2.45, 2.75) is 76.3 Å². The van der Waals surface area contributed by atoms with Crippen molar-refractivity contribution >= 4 is 0 Å². The van der Waals surface area contributed by atoms with Gasteiger partial charge in [0.15, 0.2) is 0 Å². The predicted octanol–water partition coefficient (Wildman–Crippen LogP) is 3.20. The van der Waals surface area contributed by atoms with Crippen molar-refractivity contribution in [2.75, 3.05) is 27.7 Å². The molecule has 4 rings (SSSR count). The Bertz CT molecular complexity index is 732. The molecule has 0 spiro atoms. The Hall–Kier alpha value is -1.25. The highest BCUT2D eigenvalue weighted by Gasteiger charge is 2.61. The van der Waals surface area contributed by atoms with E-state index in [1.807, 2.05) is 17.0 Å². The van der Waals surface area contributed by atoms with Crippen LogP contribution in [0.3, 0.4) is 0 Å². The Balaban J connectivity index is 1.52. The summed E-state index contributed by atoms with van der Waals surface area (Å²) in [4.78, 5) is 6.54. The average molecular weight is 435 g/mol. The maximum atomic E-state index is 11.1. The molecule has 1 N–H and O–H groups in total. The number of aliphatic hydroxyl groups is 1. The molecule has 1 aliphatic heterocycles. The van der Waals surface area contributed by atoms with Gasteiger partial charge in [-0.15, -0.1) is 0 Å². The van der Waals surface area contributed by atoms with E-state index < -0.39 is 11.8 Å². The second-order valence-electron chi connectivity index (χ2n) is 9.95. The second kappa shape index (κ2) is 9.71. The number of pyridine rings is 1. The summed E-state index contributed by atoms with van der Waals surface area (Å²) < 4.78 is 23.1. The minimum absolute atomic E-state index is 0.00883. The Morgan fingerprint density at radius 3 is 2.71 bits per heavy atom. The van der Waals surface area contributed by atoms with Crippen molar-refractivity contribution < 1.29 is 24.1 Å². The van der Waals surface area contributed by atoms with Crippen molar-refractivity contribution in [3.8, 4) is 5.75 Å². The lowest BCUT2D eigenvalue weighted by molar-refractivity contribution is -0.332. The van der Waals surface area contributed by atoms with E-state index in [4.69, 9.17) is 18.9 Å². The van der Waals surface area contributed by atoms with E-state index in [0.717, 1.165) is 23.8 Å². The maximum absolute atomic E-state index is 11.1. The second-order valence-corrected chi connectivity index (χ2v) is 9.95. The number of methoxy groups -OCH3 is 2. The summed E-state index contributed by atoms with van der Waals surface area (Å²) in [6, 6.07) is 3.97. The smallest absolute Gasteiger partial charge is 0.147 e. The molecular formula is C24H38N2O5. The highest BCUT2D eigenvalue weighted by Crippen LogP contribution is 2.46. The molecule has 7 heteroatoms. The molecule has 1 aromatic rings. The fraction of sp³-hybridized carbons (Fsp3) is 0.792. The Morgan fingerprint density at radius 1 is 1.23 bits per heavy atom. The zero-order valence-electron chi connectivity index (χ0n) is 19.3. The van der Waals surface area contributed by atoms with Gasteiger partial charge in [0.25, 0.3) is 0 Å². The van der Waals surface area contributed by atoms with Gasteiger partial charge in [-0.3, -0.25) is 4.98 Å². The molecule has 6 atom stereocenters. The first kappa shape index (κ1) is 22.9. The fourth-order valence-corrected chi connectivity index (χ4v) is 5.93. The SMILES string of the molecule is COCO[C@@]1(Cc2cc(OC3CC4CCC3C4)ccn2)C(O)N(COC)[C@H]1CC(C)C. The van der Waals surface area contributed by atoms with Crippen LogP contribution in [0.1, 0.15) is 51.6 Å². The zero-order chi connectivity index (χ0) is 22.0. The number of aliphatic hydroxyl groups excluding tert-OH is 1. The fourth-order valence-electron chi connectivity index (χ4n) is 5.93. The standard InChI is InChI=1S/C24H38N2O5/c1-16(2)9-22-24(30-15-29-4,23(27)26(22)14-28-3)13-19-12-20(7-8-25-19)31-21-11-17-5-6-18(21)10-17/h7-8,12,16-18,21-23,27H,5-6,9-11,13-15H2,1-4H3/t17?,18?,21?,22-,23?,24+/m0/s1. The predicted molar refractivity (Wildman–Crippen MR) is 116 cm³/mol. The summed E-state index contributed by atoms with van der Waals surface area (Å²) in [6.45, 7) is 4.84. The molecule has 2 heterocycles. The largest absolute Gasteiger partial charge is 0.490 e. The monoisotopic (exact) mass is 434 g/mol. The number of nitrogens with zero attached hydrogens (tertiary/aromatic N) is 2. The van der Waals surface area contributed by atoms with Gasteiger partial charge in [0.2, 0.25) is 0 Å². The number of hydrogen-bond donors (Lipinski definition) is 1. The van der Waals surface area contributed by atoms with E-state index in [2.05, 4.69) is 18.8 Å². The van der Waals surface area contributed by atoms with Gasteiger partial charge in [0, 0.05) is 44.6 Å². The molecule has 2 saturated carbocycles. The molecule has 0 radical (unpaired) electrons. The van der Waals surface area contributed by atoms with Gasteiger partial charge in [-0.1, -0.05) is 13.8 Å². The maximum Gasteiger partial charge on any atom is 0.147 e. The number of likely N-dealkylation sites (tertiary alicyclic amines) is 1. The van der Waals surface area contributed by atoms with Crippen LogP contribution in [-0.4, -0.2) is 66.7 Å². The Kier molecular flexibility index (Phi) is 7.18. The molecule has 0 aromatic carbocycles. The topological polar surface area (TPSA) is 73.3 Å². The summed E-state index contributed by atoms with van der Waals surface area (Å²) in [7, 11) is 3.25. The van der Waals surface area contributed by atoms with Crippen LogP contribution in [0.2, 0.25) is 0 Å². The normalized spacial score (nSPS) is 35.0. The van der Waals surface area contributed by atoms with E-state index in [9.17, 15) is 5.11 Å². The van der Waals surface area contributed by atoms with Gasteiger partial charge in [-0.2, -0.15) is 0 Å². The van der Waals surface area contributed by atoms with Gasteiger partial charge in [-0.25, -0.2) is 4.90 Å². The summed E-state index contributed by atoms with van der Waals surface area (Å²) in [6.07, 6.45) is 7.85. The van der Waals surface area contributed by atoms with E-state index in [1.165, 1.54) is 25.7 Å². The van der Waals surface area contributed by atoms with Crippen molar-refractivity contribution in [1.82, 2.24) is 9.88 Å². The summed E-state index contributed by atoms with van der Waals surface area (Å²) in [5.74, 6) is 2.86. The quantitative estimate of drug-likeness (QED) is 0.536. The van der Waals surface area contributed by atoms with Crippen LogP contribution in [0.4, 0.5) is 0 Å². The summed E-state index contributed by atoms with van der Waals surface area (Å²) >= 11 is 0. The molecule has 174 valence electrons. The molecule has 2 aliphatic carbocycles.